The Hall–Kier alpha value is -3.38. The number of carbonyl (C=O) groups excluding carboxylic acids is 1. The van der Waals surface area contributed by atoms with Crippen LogP contribution in [0.5, 0.6) is 0 Å². The van der Waals surface area contributed by atoms with Crippen LogP contribution >= 0.6 is 0 Å². The van der Waals surface area contributed by atoms with Crippen LogP contribution in [0.1, 0.15) is 22.8 Å². The molecule has 1 aromatic heterocycles. The Kier molecular flexibility index (Phi) is 6.24. The molecule has 144 valence electrons. The highest BCUT2D eigenvalue weighted by Crippen LogP contribution is 2.16. The van der Waals surface area contributed by atoms with Crippen molar-refractivity contribution in [2.45, 2.75) is 19.6 Å². The molecule has 28 heavy (non-hydrogen) atoms. The molecule has 1 heterocycles. The van der Waals surface area contributed by atoms with Gasteiger partial charge >= 0.3 is 6.03 Å². The average molecular weight is 377 g/mol. The summed E-state index contributed by atoms with van der Waals surface area (Å²) >= 11 is 0. The van der Waals surface area contributed by atoms with Crippen molar-refractivity contribution < 1.29 is 9.90 Å². The van der Waals surface area contributed by atoms with E-state index in [-0.39, 0.29) is 18.1 Å². The number of amides is 2. The van der Waals surface area contributed by atoms with Gasteiger partial charge in [-0.2, -0.15) is 0 Å². The van der Waals surface area contributed by atoms with Crippen LogP contribution in [0, 0.1) is 6.92 Å². The normalized spacial score (nSPS) is 11.6. The Labute approximate surface area is 163 Å². The molecule has 0 aliphatic heterocycles. The third kappa shape index (κ3) is 5.08. The molecule has 3 N–H and O–H groups in total. The van der Waals surface area contributed by atoms with E-state index >= 15 is 0 Å². The van der Waals surface area contributed by atoms with Crippen molar-refractivity contribution in [1.29, 1.82) is 0 Å². The van der Waals surface area contributed by atoms with Gasteiger partial charge in [-0.05, 0) is 41.8 Å². The minimum Gasteiger partial charge on any atom is -0.387 e. The number of rotatable bonds is 6. The molecular weight excluding hydrogens is 354 g/mol. The fraction of sp³-hybridized carbons (Fsp3) is 0.182. The van der Waals surface area contributed by atoms with Crippen LogP contribution < -0.4 is 16.2 Å². The van der Waals surface area contributed by atoms with Crippen molar-refractivity contribution in [3.63, 3.8) is 0 Å². The molecule has 0 saturated heterocycles. The van der Waals surface area contributed by atoms with Crippen molar-refractivity contribution in [2.75, 3.05) is 11.9 Å². The van der Waals surface area contributed by atoms with Gasteiger partial charge in [0, 0.05) is 24.5 Å². The van der Waals surface area contributed by atoms with Crippen LogP contribution in [0.15, 0.2) is 77.7 Å². The number of hydrogen-bond donors (Lipinski definition) is 3. The van der Waals surface area contributed by atoms with Crippen LogP contribution in [-0.2, 0) is 6.54 Å². The largest absolute Gasteiger partial charge is 0.387 e. The fourth-order valence-corrected chi connectivity index (χ4v) is 2.92. The molecule has 0 radical (unpaired) electrons. The average Bonchev–Trinajstić information content (AvgIpc) is 2.70. The SMILES string of the molecule is Cc1ccccc1C(O)CNC(=O)Nc1ccc(Cn2ccccc2=O)cc1. The van der Waals surface area contributed by atoms with Gasteiger partial charge in [0.05, 0.1) is 12.6 Å². The second-order valence-corrected chi connectivity index (χ2v) is 6.57. The number of aromatic nitrogens is 1. The van der Waals surface area contributed by atoms with Crippen LogP contribution in [0.2, 0.25) is 0 Å². The van der Waals surface area contributed by atoms with Gasteiger partial charge in [0.1, 0.15) is 0 Å². The molecule has 6 nitrogen and oxygen atoms in total. The van der Waals surface area contributed by atoms with E-state index in [1.807, 2.05) is 49.4 Å². The van der Waals surface area contributed by atoms with Gasteiger partial charge in [0.2, 0.25) is 0 Å². The number of nitrogens with zero attached hydrogens (tertiary/aromatic N) is 1. The smallest absolute Gasteiger partial charge is 0.319 e. The first-order chi connectivity index (χ1) is 13.5. The molecule has 3 aromatic rings. The van der Waals surface area contributed by atoms with E-state index < -0.39 is 6.10 Å². The van der Waals surface area contributed by atoms with E-state index in [9.17, 15) is 14.7 Å². The van der Waals surface area contributed by atoms with E-state index in [0.29, 0.717) is 12.2 Å². The summed E-state index contributed by atoms with van der Waals surface area (Å²) in [5.74, 6) is 0. The maximum absolute atomic E-state index is 12.1. The summed E-state index contributed by atoms with van der Waals surface area (Å²) in [6, 6.07) is 19.5. The second-order valence-electron chi connectivity index (χ2n) is 6.57. The summed E-state index contributed by atoms with van der Waals surface area (Å²) in [5, 5.41) is 15.7. The zero-order valence-corrected chi connectivity index (χ0v) is 15.6. The number of aliphatic hydroxyl groups excluding tert-OH is 1. The van der Waals surface area contributed by atoms with Crippen molar-refractivity contribution >= 4 is 11.7 Å². The zero-order chi connectivity index (χ0) is 19.9. The lowest BCUT2D eigenvalue weighted by molar-refractivity contribution is 0.174. The van der Waals surface area contributed by atoms with Gasteiger partial charge in [-0.1, -0.05) is 42.5 Å². The monoisotopic (exact) mass is 377 g/mol. The number of nitrogens with one attached hydrogen (secondary N) is 2. The highest BCUT2D eigenvalue weighted by Gasteiger charge is 2.11. The number of hydrogen-bond acceptors (Lipinski definition) is 3. The Balaban J connectivity index is 1.52. The molecular formula is C22H23N3O3. The first-order valence-corrected chi connectivity index (χ1v) is 9.06. The minimum absolute atomic E-state index is 0.0590. The molecule has 2 amide bonds. The molecule has 1 atom stereocenters. The van der Waals surface area contributed by atoms with E-state index in [4.69, 9.17) is 0 Å². The number of pyridine rings is 1. The molecule has 1 unspecified atom stereocenters. The third-order valence-corrected chi connectivity index (χ3v) is 4.47. The highest BCUT2D eigenvalue weighted by molar-refractivity contribution is 5.89. The number of anilines is 1. The third-order valence-electron chi connectivity index (χ3n) is 4.47. The molecule has 0 bridgehead atoms. The number of aryl methyl sites for hydroxylation is 1. The maximum Gasteiger partial charge on any atom is 0.319 e. The summed E-state index contributed by atoms with van der Waals surface area (Å²) in [4.78, 5) is 23.8. The summed E-state index contributed by atoms with van der Waals surface area (Å²) in [7, 11) is 0. The van der Waals surface area contributed by atoms with Crippen LogP contribution in [-0.4, -0.2) is 22.2 Å². The quantitative estimate of drug-likeness (QED) is 0.617. The Morgan fingerprint density at radius 3 is 2.46 bits per heavy atom. The molecule has 3 rings (SSSR count). The first-order valence-electron chi connectivity index (χ1n) is 9.06. The van der Waals surface area contributed by atoms with E-state index in [1.165, 1.54) is 6.07 Å². The van der Waals surface area contributed by atoms with E-state index in [1.54, 1.807) is 29.0 Å². The molecule has 6 heteroatoms. The van der Waals surface area contributed by atoms with Crippen molar-refractivity contribution in [3.05, 3.63) is 100.0 Å². The lowest BCUT2D eigenvalue weighted by Crippen LogP contribution is -2.32. The van der Waals surface area contributed by atoms with Gasteiger partial charge in [0.15, 0.2) is 0 Å². The van der Waals surface area contributed by atoms with Gasteiger partial charge in [-0.25, -0.2) is 4.79 Å². The molecule has 0 aliphatic carbocycles. The van der Waals surface area contributed by atoms with Crippen LogP contribution in [0.25, 0.3) is 0 Å². The van der Waals surface area contributed by atoms with E-state index in [0.717, 1.165) is 16.7 Å². The number of benzene rings is 2. The Bertz CT molecular complexity index is 996. The Morgan fingerprint density at radius 1 is 1.04 bits per heavy atom. The number of aliphatic hydroxyl groups is 1. The predicted octanol–water partition coefficient (Wildman–Crippen LogP) is 3.06. The van der Waals surface area contributed by atoms with E-state index in [2.05, 4.69) is 10.6 Å². The molecule has 0 aliphatic rings. The van der Waals surface area contributed by atoms with Crippen LogP contribution in [0.3, 0.4) is 0 Å². The van der Waals surface area contributed by atoms with Gasteiger partial charge in [-0.3, -0.25) is 4.79 Å². The standard InChI is InChI=1S/C22H23N3O3/c1-16-6-2-3-7-19(16)20(26)14-23-22(28)24-18-11-9-17(10-12-18)15-25-13-5-4-8-21(25)27/h2-13,20,26H,14-15H2,1H3,(H2,23,24,28). The maximum atomic E-state index is 12.1. The summed E-state index contributed by atoms with van der Waals surface area (Å²) < 4.78 is 1.61. The number of urea groups is 1. The summed E-state index contributed by atoms with van der Waals surface area (Å²) in [6.45, 7) is 2.50. The molecule has 2 aromatic carbocycles. The molecule has 0 fully saturated rings. The lowest BCUT2D eigenvalue weighted by Gasteiger charge is -2.15. The van der Waals surface area contributed by atoms with Crippen molar-refractivity contribution in [1.82, 2.24) is 9.88 Å². The van der Waals surface area contributed by atoms with Crippen LogP contribution in [0.4, 0.5) is 10.5 Å². The Morgan fingerprint density at radius 2 is 1.75 bits per heavy atom. The topological polar surface area (TPSA) is 83.4 Å². The second kappa shape index (κ2) is 9.01. The molecule has 0 saturated carbocycles. The highest BCUT2D eigenvalue weighted by atomic mass is 16.3. The molecule has 0 spiro atoms. The fourth-order valence-electron chi connectivity index (χ4n) is 2.92. The van der Waals surface area contributed by atoms with Crippen molar-refractivity contribution in [3.8, 4) is 0 Å². The summed E-state index contributed by atoms with van der Waals surface area (Å²) in [6.07, 6.45) is 0.973. The minimum atomic E-state index is -0.765. The van der Waals surface area contributed by atoms with Gasteiger partial charge < -0.3 is 20.3 Å². The number of carbonyl (C=O) groups is 1. The van der Waals surface area contributed by atoms with Crippen molar-refractivity contribution in [2.24, 2.45) is 0 Å². The van der Waals surface area contributed by atoms with Gasteiger partial charge in [0.25, 0.3) is 5.56 Å². The first kappa shape index (κ1) is 19.4. The van der Waals surface area contributed by atoms with Gasteiger partial charge in [-0.15, -0.1) is 0 Å². The lowest BCUT2D eigenvalue weighted by atomic mass is 10.0. The summed E-state index contributed by atoms with van der Waals surface area (Å²) in [5.41, 5.74) is 3.30. The zero-order valence-electron chi connectivity index (χ0n) is 15.6. The predicted molar refractivity (Wildman–Crippen MR) is 109 cm³/mol.